The first-order valence-electron chi connectivity index (χ1n) is 5.13. The van der Waals surface area contributed by atoms with Gasteiger partial charge in [-0.1, -0.05) is 35.0 Å². The zero-order valence-corrected chi connectivity index (χ0v) is 12.7. The first-order valence-corrected chi connectivity index (χ1v) is 7.75. The fourth-order valence-corrected chi connectivity index (χ4v) is 3.30. The van der Waals surface area contributed by atoms with Crippen molar-refractivity contribution >= 4 is 63.6 Å². The zero-order valence-electron chi connectivity index (χ0n) is 9.52. The third-order valence-electron chi connectivity index (χ3n) is 2.09. The van der Waals surface area contributed by atoms with Crippen molar-refractivity contribution in [3.8, 4) is 0 Å². The molecule has 4 nitrogen and oxygen atoms in total. The normalized spacial score (nSPS) is 10.4. The average Bonchev–Trinajstić information content (AvgIpc) is 2.84. The van der Waals surface area contributed by atoms with Crippen LogP contribution >= 0.6 is 46.3 Å². The van der Waals surface area contributed by atoms with E-state index in [0.717, 1.165) is 4.34 Å². The fraction of sp³-hybridized carbons (Fsp3) is 0.0909. The van der Waals surface area contributed by atoms with Gasteiger partial charge in [-0.3, -0.25) is 4.79 Å². The lowest BCUT2D eigenvalue weighted by molar-refractivity contribution is -0.113. The summed E-state index contributed by atoms with van der Waals surface area (Å²) in [5.74, 6) is 0.0439. The van der Waals surface area contributed by atoms with Crippen molar-refractivity contribution in [3.05, 3.63) is 33.8 Å². The van der Waals surface area contributed by atoms with Crippen LogP contribution in [0.1, 0.15) is 0 Å². The summed E-state index contributed by atoms with van der Waals surface area (Å²) in [6.07, 6.45) is 1.69. The van der Waals surface area contributed by atoms with E-state index in [2.05, 4.69) is 10.3 Å². The molecule has 0 bridgehead atoms. The van der Waals surface area contributed by atoms with Crippen LogP contribution in [-0.2, 0) is 4.79 Å². The number of thioether (sulfide) groups is 1. The molecule has 100 valence electrons. The Labute approximate surface area is 128 Å². The van der Waals surface area contributed by atoms with Crippen molar-refractivity contribution in [2.45, 2.75) is 4.34 Å². The van der Waals surface area contributed by atoms with Gasteiger partial charge in [0, 0.05) is 16.6 Å². The second kappa shape index (κ2) is 6.47. The number of thiazole rings is 1. The molecule has 1 heterocycles. The molecule has 0 spiro atoms. The highest BCUT2D eigenvalue weighted by atomic mass is 35.5. The Balaban J connectivity index is 1.99. The van der Waals surface area contributed by atoms with Gasteiger partial charge < -0.3 is 11.1 Å². The van der Waals surface area contributed by atoms with E-state index < -0.39 is 0 Å². The van der Waals surface area contributed by atoms with Crippen molar-refractivity contribution in [2.24, 2.45) is 0 Å². The highest BCUT2D eigenvalue weighted by Gasteiger charge is 2.11. The topological polar surface area (TPSA) is 68.0 Å². The largest absolute Gasteiger partial charge is 0.397 e. The number of nitrogens with zero attached hydrogens (tertiary/aromatic N) is 1. The summed E-state index contributed by atoms with van der Waals surface area (Å²) in [5, 5.41) is 5.27. The van der Waals surface area contributed by atoms with Crippen LogP contribution in [0.25, 0.3) is 0 Å². The van der Waals surface area contributed by atoms with Crippen LogP contribution in [0.2, 0.25) is 10.0 Å². The average molecular weight is 334 g/mol. The maximum Gasteiger partial charge on any atom is 0.234 e. The van der Waals surface area contributed by atoms with Crippen LogP contribution in [0.3, 0.4) is 0 Å². The Morgan fingerprint density at radius 1 is 1.47 bits per heavy atom. The SMILES string of the molecule is Nc1cc(Cl)cc(Cl)c1NC(=O)CSc1nccs1. The van der Waals surface area contributed by atoms with Gasteiger partial charge in [0.15, 0.2) is 0 Å². The maximum absolute atomic E-state index is 11.8. The Morgan fingerprint density at radius 3 is 2.89 bits per heavy atom. The van der Waals surface area contributed by atoms with Gasteiger partial charge in [-0.25, -0.2) is 4.98 Å². The van der Waals surface area contributed by atoms with E-state index in [1.165, 1.54) is 35.2 Å². The van der Waals surface area contributed by atoms with Crippen LogP contribution in [0, 0.1) is 0 Å². The van der Waals surface area contributed by atoms with E-state index >= 15 is 0 Å². The van der Waals surface area contributed by atoms with Gasteiger partial charge in [-0.15, -0.1) is 11.3 Å². The molecule has 1 amide bonds. The molecule has 0 aliphatic heterocycles. The van der Waals surface area contributed by atoms with Crippen LogP contribution in [-0.4, -0.2) is 16.6 Å². The zero-order chi connectivity index (χ0) is 13.8. The number of nitrogens with one attached hydrogen (secondary N) is 1. The molecule has 2 rings (SSSR count). The second-order valence-corrected chi connectivity index (χ2v) is 6.45. The summed E-state index contributed by atoms with van der Waals surface area (Å²) in [5.41, 5.74) is 6.48. The molecule has 3 N–H and O–H groups in total. The predicted molar refractivity (Wildman–Crippen MR) is 82.3 cm³/mol. The number of aromatic nitrogens is 1. The number of benzene rings is 1. The Bertz CT molecular complexity index is 567. The fourth-order valence-electron chi connectivity index (χ4n) is 1.31. The first-order chi connectivity index (χ1) is 9.06. The van der Waals surface area contributed by atoms with Crippen molar-refractivity contribution in [1.29, 1.82) is 0 Å². The molecule has 0 saturated heterocycles. The molecule has 0 radical (unpaired) electrons. The van der Waals surface area contributed by atoms with E-state index in [4.69, 9.17) is 28.9 Å². The van der Waals surface area contributed by atoms with Crippen LogP contribution < -0.4 is 11.1 Å². The molecule has 2 aromatic rings. The number of carbonyl (C=O) groups is 1. The molecule has 0 atom stereocenters. The standard InChI is InChI=1S/C11H9Cl2N3OS2/c12-6-3-7(13)10(8(14)4-6)16-9(17)5-19-11-15-1-2-18-11/h1-4H,5,14H2,(H,16,17). The molecule has 0 fully saturated rings. The van der Waals surface area contributed by atoms with Gasteiger partial charge in [0.2, 0.25) is 5.91 Å². The monoisotopic (exact) mass is 333 g/mol. The molecule has 8 heteroatoms. The highest BCUT2D eigenvalue weighted by molar-refractivity contribution is 8.01. The third-order valence-corrected chi connectivity index (χ3v) is 4.57. The molecule has 1 aromatic heterocycles. The summed E-state index contributed by atoms with van der Waals surface area (Å²) in [4.78, 5) is 15.9. The molecular weight excluding hydrogens is 325 g/mol. The Kier molecular flexibility index (Phi) is 4.93. The highest BCUT2D eigenvalue weighted by Crippen LogP contribution is 2.32. The minimum absolute atomic E-state index is 0.198. The summed E-state index contributed by atoms with van der Waals surface area (Å²) in [7, 11) is 0. The van der Waals surface area contributed by atoms with Crippen molar-refractivity contribution in [1.82, 2.24) is 4.98 Å². The lowest BCUT2D eigenvalue weighted by Gasteiger charge is -2.10. The number of nitrogen functional groups attached to an aromatic ring is 1. The van der Waals surface area contributed by atoms with Gasteiger partial charge in [-0.2, -0.15) is 0 Å². The van der Waals surface area contributed by atoms with Gasteiger partial charge in [-0.05, 0) is 12.1 Å². The third kappa shape index (κ3) is 4.01. The summed E-state index contributed by atoms with van der Waals surface area (Å²) in [6, 6.07) is 3.07. The van der Waals surface area contributed by atoms with E-state index in [1.807, 2.05) is 5.38 Å². The molecule has 0 saturated carbocycles. The molecular formula is C11H9Cl2N3OS2. The number of hydrogen-bond donors (Lipinski definition) is 2. The number of carbonyl (C=O) groups excluding carboxylic acids is 1. The van der Waals surface area contributed by atoms with Crippen LogP contribution in [0.15, 0.2) is 28.0 Å². The molecule has 19 heavy (non-hydrogen) atoms. The van der Waals surface area contributed by atoms with Crippen molar-refractivity contribution < 1.29 is 4.79 Å². The van der Waals surface area contributed by atoms with Gasteiger partial charge in [0.1, 0.15) is 4.34 Å². The van der Waals surface area contributed by atoms with Gasteiger partial charge >= 0.3 is 0 Å². The van der Waals surface area contributed by atoms with E-state index in [1.54, 1.807) is 6.20 Å². The Morgan fingerprint density at radius 2 is 2.26 bits per heavy atom. The number of nitrogens with two attached hydrogens (primary N) is 1. The van der Waals surface area contributed by atoms with Crippen molar-refractivity contribution in [2.75, 3.05) is 16.8 Å². The minimum atomic E-state index is -0.198. The maximum atomic E-state index is 11.8. The summed E-state index contributed by atoms with van der Waals surface area (Å²) in [6.45, 7) is 0. The van der Waals surface area contributed by atoms with Crippen molar-refractivity contribution in [3.63, 3.8) is 0 Å². The van der Waals surface area contributed by atoms with E-state index in [-0.39, 0.29) is 11.7 Å². The molecule has 0 unspecified atom stereocenters. The lowest BCUT2D eigenvalue weighted by atomic mass is 10.2. The number of amides is 1. The molecule has 0 aliphatic carbocycles. The summed E-state index contributed by atoms with van der Waals surface area (Å²) < 4.78 is 0.838. The predicted octanol–water partition coefficient (Wildman–Crippen LogP) is 3.76. The molecule has 1 aromatic carbocycles. The quantitative estimate of drug-likeness (QED) is 0.660. The minimum Gasteiger partial charge on any atom is -0.397 e. The Hall–Kier alpha value is -0.950. The number of halogens is 2. The van der Waals surface area contributed by atoms with E-state index in [9.17, 15) is 4.79 Å². The first kappa shape index (κ1) is 14.5. The smallest absolute Gasteiger partial charge is 0.234 e. The number of anilines is 2. The number of rotatable bonds is 4. The summed E-state index contributed by atoms with van der Waals surface area (Å²) >= 11 is 14.6. The second-order valence-electron chi connectivity index (χ2n) is 3.49. The van der Waals surface area contributed by atoms with Gasteiger partial charge in [0.05, 0.1) is 22.2 Å². The van der Waals surface area contributed by atoms with Crippen LogP contribution in [0.4, 0.5) is 11.4 Å². The van der Waals surface area contributed by atoms with Gasteiger partial charge in [0.25, 0.3) is 0 Å². The number of hydrogen-bond acceptors (Lipinski definition) is 5. The molecule has 0 aliphatic rings. The lowest BCUT2D eigenvalue weighted by Crippen LogP contribution is -2.15. The van der Waals surface area contributed by atoms with Crippen LogP contribution in [0.5, 0.6) is 0 Å². The van der Waals surface area contributed by atoms with E-state index in [0.29, 0.717) is 21.4 Å².